The molecule has 0 aliphatic rings. The van der Waals surface area contributed by atoms with Gasteiger partial charge in [0.15, 0.2) is 0 Å². The zero-order valence-electron chi connectivity index (χ0n) is 10.7. The van der Waals surface area contributed by atoms with Gasteiger partial charge in [-0.2, -0.15) is 5.10 Å². The molecular weight excluding hydrogens is 202 g/mol. The number of nitrogens with zero attached hydrogens (tertiary/aromatic N) is 2. The fourth-order valence-electron chi connectivity index (χ4n) is 1.66. The van der Waals surface area contributed by atoms with Gasteiger partial charge in [-0.15, -0.1) is 0 Å². The lowest BCUT2D eigenvalue weighted by Gasteiger charge is -2.19. The maximum absolute atomic E-state index is 9.21. The lowest BCUT2D eigenvalue weighted by atomic mass is 10.1. The van der Waals surface area contributed by atoms with E-state index in [1.807, 2.05) is 11.7 Å². The van der Waals surface area contributed by atoms with E-state index in [-0.39, 0.29) is 12.6 Å². The fourth-order valence-corrected chi connectivity index (χ4v) is 1.66. The van der Waals surface area contributed by atoms with Crippen molar-refractivity contribution in [1.29, 1.82) is 0 Å². The maximum Gasteiger partial charge on any atom is 0.0625 e. The molecule has 0 aliphatic carbocycles. The second kappa shape index (κ2) is 6.01. The number of aliphatic hydroxyl groups is 1. The third kappa shape index (κ3) is 3.32. The van der Waals surface area contributed by atoms with Gasteiger partial charge in [0.2, 0.25) is 0 Å². The molecule has 1 rings (SSSR count). The minimum atomic E-state index is 0.153. The largest absolute Gasteiger partial charge is 0.395 e. The van der Waals surface area contributed by atoms with Gasteiger partial charge in [0, 0.05) is 19.6 Å². The molecule has 1 aromatic heterocycles. The highest BCUT2D eigenvalue weighted by atomic mass is 16.3. The Bertz CT molecular complexity index is 320. The van der Waals surface area contributed by atoms with Crippen molar-refractivity contribution in [1.82, 2.24) is 15.1 Å². The molecule has 1 atom stereocenters. The van der Waals surface area contributed by atoms with Crippen LogP contribution in [0.5, 0.6) is 0 Å². The van der Waals surface area contributed by atoms with Crippen molar-refractivity contribution in [2.75, 3.05) is 6.61 Å². The molecule has 1 heterocycles. The molecular formula is C12H23N3O. The van der Waals surface area contributed by atoms with E-state index in [1.54, 1.807) is 0 Å². The van der Waals surface area contributed by atoms with Gasteiger partial charge in [0.05, 0.1) is 18.0 Å². The summed E-state index contributed by atoms with van der Waals surface area (Å²) in [5, 5.41) is 17.0. The monoisotopic (exact) mass is 225 g/mol. The molecule has 4 nitrogen and oxygen atoms in total. The minimum absolute atomic E-state index is 0.153. The van der Waals surface area contributed by atoms with Crippen molar-refractivity contribution in [3.05, 3.63) is 17.5 Å². The Kier molecular flexibility index (Phi) is 4.96. The summed E-state index contributed by atoms with van der Waals surface area (Å²) in [5.41, 5.74) is 2.28. The molecule has 0 aliphatic heterocycles. The van der Waals surface area contributed by atoms with Gasteiger partial charge in [-0.25, -0.2) is 0 Å². The third-order valence-electron chi connectivity index (χ3n) is 2.94. The SMILES string of the molecule is CCc1cc(CN[C@H](CO)C(C)C)n(C)n1. The number of aryl methyl sites for hydroxylation is 2. The standard InChI is InChI=1S/C12H23N3O/c1-5-10-6-11(15(4)14-10)7-13-12(8-16)9(2)3/h6,9,12-13,16H,5,7-8H2,1-4H3/t12-/m1/s1. The second-order valence-corrected chi connectivity index (χ2v) is 4.52. The number of hydrogen-bond donors (Lipinski definition) is 2. The van der Waals surface area contributed by atoms with Crippen LogP contribution in [0.25, 0.3) is 0 Å². The average molecular weight is 225 g/mol. The van der Waals surface area contributed by atoms with Crippen LogP contribution in [0.4, 0.5) is 0 Å². The molecule has 92 valence electrons. The lowest BCUT2D eigenvalue weighted by Crippen LogP contribution is -2.36. The highest BCUT2D eigenvalue weighted by Crippen LogP contribution is 2.06. The van der Waals surface area contributed by atoms with Gasteiger partial charge in [0.25, 0.3) is 0 Å². The first-order valence-corrected chi connectivity index (χ1v) is 5.94. The molecule has 16 heavy (non-hydrogen) atoms. The molecule has 0 unspecified atom stereocenters. The number of nitrogens with one attached hydrogen (secondary N) is 1. The molecule has 1 aromatic rings. The smallest absolute Gasteiger partial charge is 0.0625 e. The average Bonchev–Trinajstić information content (AvgIpc) is 2.60. The fraction of sp³-hybridized carbons (Fsp3) is 0.750. The van der Waals surface area contributed by atoms with Crippen LogP contribution < -0.4 is 5.32 Å². The molecule has 0 saturated carbocycles. The van der Waals surface area contributed by atoms with Gasteiger partial charge in [-0.3, -0.25) is 4.68 Å². The summed E-state index contributed by atoms with van der Waals surface area (Å²) >= 11 is 0. The van der Waals surface area contributed by atoms with Crippen LogP contribution in [-0.2, 0) is 20.0 Å². The number of hydrogen-bond acceptors (Lipinski definition) is 3. The topological polar surface area (TPSA) is 50.1 Å². The highest BCUT2D eigenvalue weighted by Gasteiger charge is 2.12. The van der Waals surface area contributed by atoms with Crippen molar-refractivity contribution >= 4 is 0 Å². The Labute approximate surface area is 97.7 Å². The number of aromatic nitrogens is 2. The van der Waals surface area contributed by atoms with Gasteiger partial charge in [-0.05, 0) is 18.4 Å². The predicted octanol–water partition coefficient (Wildman–Crippen LogP) is 1.09. The van der Waals surface area contributed by atoms with Gasteiger partial charge in [-0.1, -0.05) is 20.8 Å². The minimum Gasteiger partial charge on any atom is -0.395 e. The van der Waals surface area contributed by atoms with E-state index >= 15 is 0 Å². The summed E-state index contributed by atoms with van der Waals surface area (Å²) in [4.78, 5) is 0. The summed E-state index contributed by atoms with van der Waals surface area (Å²) in [6, 6.07) is 2.27. The van der Waals surface area contributed by atoms with Crippen LogP contribution in [-0.4, -0.2) is 27.5 Å². The van der Waals surface area contributed by atoms with E-state index in [0.717, 1.165) is 24.4 Å². The molecule has 0 radical (unpaired) electrons. The zero-order valence-corrected chi connectivity index (χ0v) is 10.7. The van der Waals surface area contributed by atoms with Gasteiger partial charge < -0.3 is 10.4 Å². The first-order valence-electron chi connectivity index (χ1n) is 5.94. The predicted molar refractivity (Wildman–Crippen MR) is 65.1 cm³/mol. The van der Waals surface area contributed by atoms with E-state index < -0.39 is 0 Å². The second-order valence-electron chi connectivity index (χ2n) is 4.52. The van der Waals surface area contributed by atoms with Crippen molar-refractivity contribution < 1.29 is 5.11 Å². The van der Waals surface area contributed by atoms with Crippen LogP contribution in [0.2, 0.25) is 0 Å². The number of rotatable bonds is 6. The Morgan fingerprint density at radius 3 is 2.62 bits per heavy atom. The summed E-state index contributed by atoms with van der Waals surface area (Å²) in [6.07, 6.45) is 0.960. The van der Waals surface area contributed by atoms with E-state index in [0.29, 0.717) is 5.92 Å². The Morgan fingerprint density at radius 2 is 2.19 bits per heavy atom. The quantitative estimate of drug-likeness (QED) is 0.762. The van der Waals surface area contributed by atoms with Gasteiger partial charge in [0.1, 0.15) is 0 Å². The van der Waals surface area contributed by atoms with Crippen molar-refractivity contribution in [3.63, 3.8) is 0 Å². The van der Waals surface area contributed by atoms with Crippen LogP contribution in [0.15, 0.2) is 6.07 Å². The lowest BCUT2D eigenvalue weighted by molar-refractivity contribution is 0.209. The summed E-state index contributed by atoms with van der Waals surface area (Å²) < 4.78 is 1.90. The van der Waals surface area contributed by atoms with E-state index in [1.165, 1.54) is 0 Å². The molecule has 0 bridgehead atoms. The first-order chi connectivity index (χ1) is 7.58. The Morgan fingerprint density at radius 1 is 1.50 bits per heavy atom. The third-order valence-corrected chi connectivity index (χ3v) is 2.94. The van der Waals surface area contributed by atoms with E-state index in [9.17, 15) is 5.11 Å². The Balaban J connectivity index is 2.56. The maximum atomic E-state index is 9.21. The number of aliphatic hydroxyl groups excluding tert-OH is 1. The van der Waals surface area contributed by atoms with E-state index in [4.69, 9.17) is 0 Å². The van der Waals surface area contributed by atoms with Crippen molar-refractivity contribution in [2.45, 2.75) is 39.8 Å². The molecule has 0 fully saturated rings. The molecule has 0 saturated heterocycles. The normalized spacial score (nSPS) is 13.4. The summed E-state index contributed by atoms with van der Waals surface area (Å²) in [6.45, 7) is 7.25. The van der Waals surface area contributed by atoms with Gasteiger partial charge >= 0.3 is 0 Å². The highest BCUT2D eigenvalue weighted by molar-refractivity contribution is 5.10. The molecule has 0 spiro atoms. The van der Waals surface area contributed by atoms with Crippen molar-refractivity contribution in [2.24, 2.45) is 13.0 Å². The van der Waals surface area contributed by atoms with E-state index in [2.05, 4.69) is 37.3 Å². The first kappa shape index (κ1) is 13.2. The molecule has 2 N–H and O–H groups in total. The van der Waals surface area contributed by atoms with Crippen LogP contribution in [0, 0.1) is 5.92 Å². The summed E-state index contributed by atoms with van der Waals surface area (Å²) in [5.74, 6) is 0.434. The molecule has 0 amide bonds. The van der Waals surface area contributed by atoms with Crippen LogP contribution >= 0.6 is 0 Å². The Hall–Kier alpha value is -0.870. The summed E-state index contributed by atoms with van der Waals surface area (Å²) in [7, 11) is 1.96. The molecule has 0 aromatic carbocycles. The van der Waals surface area contributed by atoms with Crippen molar-refractivity contribution in [3.8, 4) is 0 Å². The zero-order chi connectivity index (χ0) is 12.1. The van der Waals surface area contributed by atoms with Crippen LogP contribution in [0.3, 0.4) is 0 Å². The molecule has 4 heteroatoms. The van der Waals surface area contributed by atoms with Crippen LogP contribution in [0.1, 0.15) is 32.2 Å².